The van der Waals surface area contributed by atoms with E-state index in [4.69, 9.17) is 17.0 Å². The van der Waals surface area contributed by atoms with Gasteiger partial charge in [0.15, 0.2) is 0 Å². The average Bonchev–Trinajstić information content (AvgIpc) is 3.55. The van der Waals surface area contributed by atoms with Gasteiger partial charge in [0.25, 0.3) is 0 Å². The third-order valence-corrected chi connectivity index (χ3v) is 46.0. The van der Waals surface area contributed by atoms with Crippen molar-refractivity contribution < 1.29 is 13.8 Å². The fourth-order valence-electron chi connectivity index (χ4n) is 5.07. The van der Waals surface area contributed by atoms with Crippen LogP contribution >= 0.6 is 31.3 Å². The van der Waals surface area contributed by atoms with Crippen LogP contribution in [-0.4, -0.2) is 0 Å². The van der Waals surface area contributed by atoms with Gasteiger partial charge in [0.2, 0.25) is 0 Å². The minimum absolute atomic E-state index is 0.179. The summed E-state index contributed by atoms with van der Waals surface area (Å²) in [6.45, 7) is 0. The Kier molecular flexibility index (Phi) is 7.89. The molecular formula is C32H28Cl2S2Zr. The summed E-state index contributed by atoms with van der Waals surface area (Å²) in [5.74, 6) is 1.87. The molecule has 37 heavy (non-hydrogen) atoms. The van der Waals surface area contributed by atoms with E-state index in [1.54, 1.807) is 0 Å². The van der Waals surface area contributed by atoms with E-state index in [9.17, 15) is 0 Å². The van der Waals surface area contributed by atoms with Gasteiger partial charge in [-0.1, -0.05) is 0 Å². The summed E-state index contributed by atoms with van der Waals surface area (Å²) in [7, 11) is 15.5. The molecule has 0 aromatic heterocycles. The molecule has 2 aliphatic rings. The normalized spacial score (nSPS) is 15.5. The third kappa shape index (κ3) is 5.63. The van der Waals surface area contributed by atoms with Crippen LogP contribution in [-0.2, 0) is 38.1 Å². The molecule has 0 saturated heterocycles. The topological polar surface area (TPSA) is 0 Å². The Morgan fingerprint density at radius 1 is 0.514 bits per heavy atom. The molecule has 5 heteroatoms. The first-order valence-electron chi connectivity index (χ1n) is 12.5. The Morgan fingerprint density at radius 2 is 0.892 bits per heavy atom. The molecule has 186 valence electrons. The van der Waals surface area contributed by atoms with Crippen LogP contribution in [0.15, 0.2) is 119 Å². The zero-order valence-corrected chi connectivity index (χ0v) is 26.1. The van der Waals surface area contributed by atoms with E-state index >= 15 is 0 Å². The van der Waals surface area contributed by atoms with E-state index in [1.807, 2.05) is 0 Å². The summed E-state index contributed by atoms with van der Waals surface area (Å²) in [5, 5.41) is 0. The van der Waals surface area contributed by atoms with Crippen molar-refractivity contribution in [2.24, 2.45) is 0 Å². The summed E-state index contributed by atoms with van der Waals surface area (Å²) < 4.78 is 0. The van der Waals surface area contributed by atoms with Crippen LogP contribution in [0.4, 0.5) is 0 Å². The van der Waals surface area contributed by atoms with Crippen LogP contribution < -0.4 is 0 Å². The molecule has 0 nitrogen and oxygen atoms in total. The Bertz CT molecular complexity index is 1530. The van der Waals surface area contributed by atoms with E-state index < -0.39 is 13.8 Å². The predicted octanol–water partition coefficient (Wildman–Crippen LogP) is 10.4. The number of hydrogen-bond acceptors (Lipinski definition) is 0. The summed E-state index contributed by atoms with van der Waals surface area (Å²) >= 11 is -3.86. The summed E-state index contributed by atoms with van der Waals surface area (Å²) in [4.78, 5) is 2.90. The molecule has 6 rings (SSSR count). The summed E-state index contributed by atoms with van der Waals surface area (Å²) in [5.41, 5.74) is 8.11. The molecule has 0 aliphatic heterocycles. The quantitative estimate of drug-likeness (QED) is 0.197. The van der Waals surface area contributed by atoms with Crippen LogP contribution in [0.2, 0.25) is 0 Å². The van der Waals surface area contributed by atoms with Crippen molar-refractivity contribution in [2.45, 2.75) is 24.3 Å². The van der Waals surface area contributed by atoms with Crippen LogP contribution in [0, 0.1) is 0 Å². The molecule has 4 aromatic carbocycles. The van der Waals surface area contributed by atoms with Crippen molar-refractivity contribution in [2.75, 3.05) is 0 Å². The fraction of sp³-hybridized carbons (Fsp3) is 0.125. The number of rotatable bonds is 6. The summed E-state index contributed by atoms with van der Waals surface area (Å²) in [6.07, 6.45) is 6.73. The molecule has 2 aliphatic carbocycles. The first-order chi connectivity index (χ1) is 18.1. The summed E-state index contributed by atoms with van der Waals surface area (Å²) in [6, 6.07) is 39.2. The second kappa shape index (κ2) is 11.3. The molecule has 2 atom stereocenters. The van der Waals surface area contributed by atoms with E-state index in [-0.39, 0.29) is 14.2 Å². The molecular weight excluding hydrogens is 611 g/mol. The molecule has 0 amide bonds. The van der Waals surface area contributed by atoms with Gasteiger partial charge in [-0.3, -0.25) is 0 Å². The molecule has 0 fully saturated rings. The Morgan fingerprint density at radius 3 is 1.30 bits per heavy atom. The first kappa shape index (κ1) is 25.8. The molecule has 0 heterocycles. The van der Waals surface area contributed by atoms with Gasteiger partial charge < -0.3 is 0 Å². The van der Waals surface area contributed by atoms with Crippen molar-refractivity contribution in [1.82, 2.24) is 0 Å². The van der Waals surface area contributed by atoms with Crippen molar-refractivity contribution in [1.29, 1.82) is 0 Å². The van der Waals surface area contributed by atoms with E-state index in [0.717, 1.165) is 24.3 Å². The monoisotopic (exact) mass is 636 g/mol. The molecule has 0 N–H and O–H groups in total. The van der Waals surface area contributed by atoms with Crippen molar-refractivity contribution in [3.05, 3.63) is 152 Å². The van der Waals surface area contributed by atoms with Crippen molar-refractivity contribution in [3.8, 4) is 0 Å². The third-order valence-electron chi connectivity index (χ3n) is 6.99. The number of allylic oxidation sites excluding steroid dienone is 2. The van der Waals surface area contributed by atoms with Crippen LogP contribution in [0.3, 0.4) is 0 Å². The maximum absolute atomic E-state index is 7.93. The standard InChI is InChI=1S/2C16H14S.2ClH.Zr/c2*1-2-6-13(7-3-1)12-17-16-10-14-8-4-5-9-15(14)11-16;;;/h2*1-10H,11-12H2;2*1H;/q;;;;+2/p-2. The molecule has 0 bridgehead atoms. The predicted molar refractivity (Wildman–Crippen MR) is 163 cm³/mol. The van der Waals surface area contributed by atoms with Gasteiger partial charge >= 0.3 is 234 Å². The molecule has 4 aromatic rings. The van der Waals surface area contributed by atoms with E-state index in [1.165, 1.54) is 43.2 Å². The van der Waals surface area contributed by atoms with Crippen LogP contribution in [0.25, 0.3) is 12.2 Å². The Hall–Kier alpha value is -1.48. The Balaban J connectivity index is 1.59. The SMILES string of the molecule is [Cl][Zr]([Cl])(=[S](Cc1ccccc1)C1=Cc2ccccc2C1)=[S](Cc1ccccc1)C1=Cc2ccccc2C1. The number of halogens is 2. The number of hydrogen-bond donors (Lipinski definition) is 0. The van der Waals surface area contributed by atoms with Crippen LogP contribution in [0.1, 0.15) is 33.4 Å². The maximum atomic E-state index is 7.93. The number of fused-ring (bicyclic) bond motifs is 2. The zero-order valence-electron chi connectivity index (χ0n) is 20.4. The van der Waals surface area contributed by atoms with Gasteiger partial charge in [0, 0.05) is 0 Å². The van der Waals surface area contributed by atoms with Gasteiger partial charge in [0.05, 0.1) is 0 Å². The fourth-order valence-corrected chi connectivity index (χ4v) is 43.2. The second-order valence-electron chi connectivity index (χ2n) is 9.48. The van der Waals surface area contributed by atoms with Gasteiger partial charge in [-0.25, -0.2) is 0 Å². The molecule has 0 radical (unpaired) electrons. The van der Waals surface area contributed by atoms with Crippen molar-refractivity contribution in [3.63, 3.8) is 0 Å². The van der Waals surface area contributed by atoms with E-state index in [0.29, 0.717) is 0 Å². The molecule has 2 unspecified atom stereocenters. The van der Waals surface area contributed by atoms with Gasteiger partial charge in [-0.05, 0) is 0 Å². The van der Waals surface area contributed by atoms with Gasteiger partial charge in [-0.15, -0.1) is 0 Å². The minimum atomic E-state index is -3.86. The first-order valence-corrected chi connectivity index (χ1v) is 27.7. The average molecular weight is 639 g/mol. The van der Waals surface area contributed by atoms with E-state index in [2.05, 4.69) is 121 Å². The second-order valence-corrected chi connectivity index (χ2v) is 44.1. The Labute approximate surface area is 231 Å². The molecule has 0 saturated carbocycles. The van der Waals surface area contributed by atoms with Gasteiger partial charge in [-0.2, -0.15) is 0 Å². The van der Waals surface area contributed by atoms with Gasteiger partial charge in [0.1, 0.15) is 0 Å². The van der Waals surface area contributed by atoms with Crippen LogP contribution in [0.5, 0.6) is 0 Å². The number of benzene rings is 4. The molecule has 0 spiro atoms. The van der Waals surface area contributed by atoms with Crippen molar-refractivity contribution >= 4 is 43.4 Å². The zero-order chi connectivity index (χ0) is 25.2.